The van der Waals surface area contributed by atoms with Crippen molar-refractivity contribution in [3.05, 3.63) is 29.8 Å². The van der Waals surface area contributed by atoms with Crippen molar-refractivity contribution in [1.29, 1.82) is 0 Å². The number of anilines is 1. The number of benzene rings is 1. The summed E-state index contributed by atoms with van der Waals surface area (Å²) in [4.78, 5) is 37.0. The topological polar surface area (TPSA) is 59.6 Å². The number of piperazine rings is 2. The number of nitrogens with zero attached hydrogens (tertiary/aromatic N) is 5. The smallest absolute Gasteiger partial charge is 0.254 e. The quantitative estimate of drug-likeness (QED) is 0.475. The lowest BCUT2D eigenvalue weighted by atomic mass is 10.1. The van der Waals surface area contributed by atoms with E-state index >= 15 is 0 Å². The maximum Gasteiger partial charge on any atom is 0.254 e. The first kappa shape index (κ1) is 31.1. The van der Waals surface area contributed by atoms with Crippen LogP contribution < -0.4 is 4.90 Å². The first-order valence-electron chi connectivity index (χ1n) is 14.2. The zero-order valence-corrected chi connectivity index (χ0v) is 24.4. The Morgan fingerprint density at radius 3 is 2.19 bits per heavy atom. The minimum atomic E-state index is 0.0385. The standard InChI is InChI=1S/C27H45N5O3.C2H6/c1-6-23(4)29-14-16-31(17-15-29)26(33)21-28-10-12-30(13-11-28)25-9-7-8-24(20-25)27(34)32(22(2)3)18-19-35-5;1-2/h7-9,20,22-23H,6,10-19,21H2,1-5H3;1-2H3. The highest BCUT2D eigenvalue weighted by atomic mass is 16.5. The van der Waals surface area contributed by atoms with Crippen LogP contribution in [0.5, 0.6) is 0 Å². The lowest BCUT2D eigenvalue weighted by Crippen LogP contribution is -2.55. The molecular weight excluding hydrogens is 466 g/mol. The van der Waals surface area contributed by atoms with Crippen molar-refractivity contribution in [2.75, 3.05) is 84.1 Å². The van der Waals surface area contributed by atoms with Gasteiger partial charge in [-0.1, -0.05) is 26.8 Å². The Kier molecular flexibility index (Phi) is 13.4. The van der Waals surface area contributed by atoms with Crippen molar-refractivity contribution in [2.45, 2.75) is 60.0 Å². The highest BCUT2D eigenvalue weighted by Crippen LogP contribution is 2.20. The van der Waals surface area contributed by atoms with Gasteiger partial charge in [-0.05, 0) is 45.4 Å². The van der Waals surface area contributed by atoms with Gasteiger partial charge in [0.2, 0.25) is 5.91 Å². The van der Waals surface area contributed by atoms with Gasteiger partial charge in [-0.3, -0.25) is 19.4 Å². The Morgan fingerprint density at radius 2 is 1.62 bits per heavy atom. The fraction of sp³-hybridized carbons (Fsp3) is 0.724. The predicted octanol–water partition coefficient (Wildman–Crippen LogP) is 3.27. The summed E-state index contributed by atoms with van der Waals surface area (Å²) >= 11 is 0. The highest BCUT2D eigenvalue weighted by molar-refractivity contribution is 5.95. The van der Waals surface area contributed by atoms with Crippen LogP contribution in [0.3, 0.4) is 0 Å². The Labute approximate surface area is 225 Å². The molecule has 0 saturated carbocycles. The van der Waals surface area contributed by atoms with E-state index in [9.17, 15) is 9.59 Å². The van der Waals surface area contributed by atoms with Gasteiger partial charge in [-0.25, -0.2) is 0 Å². The molecule has 1 unspecified atom stereocenters. The van der Waals surface area contributed by atoms with Crippen molar-refractivity contribution < 1.29 is 14.3 Å². The van der Waals surface area contributed by atoms with Crippen LogP contribution in [-0.2, 0) is 9.53 Å². The molecule has 0 N–H and O–H groups in total. The van der Waals surface area contributed by atoms with Crippen LogP contribution in [0.2, 0.25) is 0 Å². The molecule has 2 heterocycles. The molecule has 0 aromatic heterocycles. The van der Waals surface area contributed by atoms with Crippen molar-refractivity contribution in [3.63, 3.8) is 0 Å². The molecule has 2 fully saturated rings. The van der Waals surface area contributed by atoms with Crippen LogP contribution >= 0.6 is 0 Å². The first-order chi connectivity index (χ1) is 17.8. The summed E-state index contributed by atoms with van der Waals surface area (Å²) in [6.45, 7) is 21.2. The lowest BCUT2D eigenvalue weighted by Gasteiger charge is -2.40. The molecule has 2 amide bonds. The Bertz CT molecular complexity index is 818. The normalized spacial score (nSPS) is 17.8. The van der Waals surface area contributed by atoms with E-state index < -0.39 is 0 Å². The van der Waals surface area contributed by atoms with Crippen molar-refractivity contribution in [2.24, 2.45) is 0 Å². The molecule has 8 heteroatoms. The number of hydrogen-bond donors (Lipinski definition) is 0. The van der Waals surface area contributed by atoms with Crippen molar-refractivity contribution >= 4 is 17.5 Å². The van der Waals surface area contributed by atoms with Gasteiger partial charge in [-0.15, -0.1) is 0 Å². The van der Waals surface area contributed by atoms with E-state index in [1.165, 1.54) is 0 Å². The largest absolute Gasteiger partial charge is 0.383 e. The molecule has 8 nitrogen and oxygen atoms in total. The van der Waals surface area contributed by atoms with Crippen LogP contribution in [-0.4, -0.2) is 123 Å². The first-order valence-corrected chi connectivity index (χ1v) is 14.2. The van der Waals surface area contributed by atoms with Gasteiger partial charge in [0.05, 0.1) is 13.2 Å². The Hall–Kier alpha value is -2.16. The summed E-state index contributed by atoms with van der Waals surface area (Å²) in [6, 6.07) is 8.63. The number of carbonyl (C=O) groups excluding carboxylic acids is 2. The van der Waals surface area contributed by atoms with Gasteiger partial charge in [0.1, 0.15) is 0 Å². The number of rotatable bonds is 10. The predicted molar refractivity (Wildman–Crippen MR) is 152 cm³/mol. The summed E-state index contributed by atoms with van der Waals surface area (Å²) in [5.41, 5.74) is 1.78. The SMILES string of the molecule is CC.CCC(C)N1CCN(C(=O)CN2CCN(c3cccc(C(=O)N(CCOC)C(C)C)c3)CC2)CC1. The average Bonchev–Trinajstić information content (AvgIpc) is 2.94. The van der Waals surface area contributed by atoms with E-state index in [4.69, 9.17) is 4.74 Å². The van der Waals surface area contributed by atoms with E-state index in [0.29, 0.717) is 31.3 Å². The zero-order valence-electron chi connectivity index (χ0n) is 24.4. The van der Waals surface area contributed by atoms with Crippen molar-refractivity contribution in [3.8, 4) is 0 Å². The second kappa shape index (κ2) is 15.9. The molecule has 3 rings (SSSR count). The minimum absolute atomic E-state index is 0.0385. The third-order valence-electron chi connectivity index (χ3n) is 7.49. The average molecular weight is 518 g/mol. The molecular formula is C29H51N5O3. The summed E-state index contributed by atoms with van der Waals surface area (Å²) in [5.74, 6) is 0.288. The number of carbonyl (C=O) groups is 2. The van der Waals surface area contributed by atoms with Gasteiger partial charge >= 0.3 is 0 Å². The van der Waals surface area contributed by atoms with Crippen LogP contribution in [0.1, 0.15) is 58.3 Å². The van der Waals surface area contributed by atoms with Crippen molar-refractivity contribution in [1.82, 2.24) is 19.6 Å². The lowest BCUT2D eigenvalue weighted by molar-refractivity contribution is -0.134. The number of amides is 2. The summed E-state index contributed by atoms with van der Waals surface area (Å²) in [5, 5.41) is 0. The molecule has 2 saturated heterocycles. The van der Waals surface area contributed by atoms with Crippen LogP contribution in [0.25, 0.3) is 0 Å². The maximum atomic E-state index is 13.1. The van der Waals surface area contributed by atoms with Gasteiger partial charge in [0.25, 0.3) is 5.91 Å². The second-order valence-corrected chi connectivity index (χ2v) is 10.1. The zero-order chi connectivity index (χ0) is 27.4. The molecule has 1 aromatic carbocycles. The Morgan fingerprint density at radius 1 is 0.973 bits per heavy atom. The summed E-state index contributed by atoms with van der Waals surface area (Å²) < 4.78 is 5.19. The maximum absolute atomic E-state index is 13.1. The number of hydrogen-bond acceptors (Lipinski definition) is 6. The second-order valence-electron chi connectivity index (χ2n) is 10.1. The fourth-order valence-electron chi connectivity index (χ4n) is 4.91. The molecule has 0 spiro atoms. The number of methoxy groups -OCH3 is 1. The molecule has 0 radical (unpaired) electrons. The van der Waals surface area contributed by atoms with E-state index in [1.54, 1.807) is 7.11 Å². The van der Waals surface area contributed by atoms with E-state index in [1.807, 2.05) is 55.7 Å². The summed E-state index contributed by atoms with van der Waals surface area (Å²) in [6.07, 6.45) is 1.15. The van der Waals surface area contributed by atoms with Crippen LogP contribution in [0.4, 0.5) is 5.69 Å². The van der Waals surface area contributed by atoms with E-state index in [-0.39, 0.29) is 17.9 Å². The molecule has 0 aliphatic carbocycles. The Balaban J connectivity index is 0.00000235. The van der Waals surface area contributed by atoms with Gasteiger partial charge in [-0.2, -0.15) is 0 Å². The third kappa shape index (κ3) is 8.97. The number of ether oxygens (including phenoxy) is 1. The fourth-order valence-corrected chi connectivity index (χ4v) is 4.91. The van der Waals surface area contributed by atoms with Gasteiger partial charge < -0.3 is 19.4 Å². The van der Waals surface area contributed by atoms with E-state index in [2.05, 4.69) is 34.6 Å². The molecule has 1 aromatic rings. The molecule has 37 heavy (non-hydrogen) atoms. The minimum Gasteiger partial charge on any atom is -0.383 e. The van der Waals surface area contributed by atoms with Gasteiger partial charge in [0, 0.05) is 89.3 Å². The molecule has 0 bridgehead atoms. The molecule has 2 aliphatic heterocycles. The molecule has 210 valence electrons. The van der Waals surface area contributed by atoms with Crippen LogP contribution in [0.15, 0.2) is 24.3 Å². The summed E-state index contributed by atoms with van der Waals surface area (Å²) in [7, 11) is 1.66. The van der Waals surface area contributed by atoms with Gasteiger partial charge in [0.15, 0.2) is 0 Å². The molecule has 2 aliphatic rings. The third-order valence-corrected chi connectivity index (χ3v) is 7.49. The monoisotopic (exact) mass is 517 g/mol. The highest BCUT2D eigenvalue weighted by Gasteiger charge is 2.26. The van der Waals surface area contributed by atoms with E-state index in [0.717, 1.165) is 64.5 Å². The van der Waals surface area contributed by atoms with Crippen LogP contribution in [0, 0.1) is 0 Å². The molecule has 1 atom stereocenters.